The summed E-state index contributed by atoms with van der Waals surface area (Å²) in [7, 11) is 0. The monoisotopic (exact) mass is 194 g/mol. The SMILES string of the molecule is C=CCCC1(C(=O)O)CC2CCC1C2. The quantitative estimate of drug-likeness (QED) is 0.699. The molecule has 0 aromatic heterocycles. The molecular formula is C12H18O2. The number of rotatable bonds is 4. The van der Waals surface area contributed by atoms with Crippen molar-refractivity contribution in [2.24, 2.45) is 17.3 Å². The molecule has 2 heteroatoms. The van der Waals surface area contributed by atoms with Gasteiger partial charge < -0.3 is 5.11 Å². The highest BCUT2D eigenvalue weighted by Gasteiger charge is 2.54. The molecule has 3 atom stereocenters. The Labute approximate surface area is 85.0 Å². The maximum Gasteiger partial charge on any atom is 0.309 e. The summed E-state index contributed by atoms with van der Waals surface area (Å²) in [5.41, 5.74) is -0.392. The molecule has 0 spiro atoms. The molecule has 14 heavy (non-hydrogen) atoms. The molecule has 2 rings (SSSR count). The van der Waals surface area contributed by atoms with Crippen LogP contribution in [-0.2, 0) is 4.79 Å². The zero-order valence-corrected chi connectivity index (χ0v) is 8.54. The summed E-state index contributed by atoms with van der Waals surface area (Å²) in [6, 6.07) is 0. The van der Waals surface area contributed by atoms with E-state index in [0.717, 1.165) is 32.1 Å². The van der Waals surface area contributed by atoms with Gasteiger partial charge in [0.05, 0.1) is 5.41 Å². The van der Waals surface area contributed by atoms with E-state index in [9.17, 15) is 9.90 Å². The van der Waals surface area contributed by atoms with Gasteiger partial charge in [0.2, 0.25) is 0 Å². The van der Waals surface area contributed by atoms with Crippen molar-refractivity contribution in [3.05, 3.63) is 12.7 Å². The number of aliphatic carboxylic acids is 1. The van der Waals surface area contributed by atoms with E-state index < -0.39 is 11.4 Å². The zero-order chi connectivity index (χ0) is 10.2. The minimum absolute atomic E-state index is 0.392. The Morgan fingerprint density at radius 2 is 2.36 bits per heavy atom. The molecule has 2 fully saturated rings. The molecule has 0 aromatic rings. The van der Waals surface area contributed by atoms with Crippen LogP contribution >= 0.6 is 0 Å². The summed E-state index contributed by atoms with van der Waals surface area (Å²) in [4.78, 5) is 11.4. The molecule has 2 aliphatic carbocycles. The van der Waals surface area contributed by atoms with Crippen LogP contribution in [0.1, 0.15) is 38.5 Å². The lowest BCUT2D eigenvalue weighted by Crippen LogP contribution is -2.36. The Bertz CT molecular complexity index is 259. The van der Waals surface area contributed by atoms with Crippen LogP contribution in [0.2, 0.25) is 0 Å². The molecule has 0 radical (unpaired) electrons. The molecule has 0 aromatic carbocycles. The van der Waals surface area contributed by atoms with Gasteiger partial charge in [-0.1, -0.05) is 12.5 Å². The maximum atomic E-state index is 11.4. The van der Waals surface area contributed by atoms with Gasteiger partial charge in [-0.3, -0.25) is 4.79 Å². The summed E-state index contributed by atoms with van der Waals surface area (Å²) in [5, 5.41) is 9.38. The predicted octanol–water partition coefficient (Wildman–Crippen LogP) is 2.84. The number of carbonyl (C=O) groups is 1. The van der Waals surface area contributed by atoms with Crippen molar-refractivity contribution in [2.75, 3.05) is 0 Å². The van der Waals surface area contributed by atoms with E-state index in [0.29, 0.717) is 11.8 Å². The van der Waals surface area contributed by atoms with E-state index in [1.54, 1.807) is 0 Å². The molecule has 78 valence electrons. The molecule has 0 saturated heterocycles. The van der Waals surface area contributed by atoms with Crippen molar-refractivity contribution in [2.45, 2.75) is 38.5 Å². The fourth-order valence-electron chi connectivity index (χ4n) is 3.48. The van der Waals surface area contributed by atoms with Crippen molar-refractivity contribution in [1.82, 2.24) is 0 Å². The second-order valence-electron chi connectivity index (χ2n) is 4.87. The first-order valence-corrected chi connectivity index (χ1v) is 5.53. The van der Waals surface area contributed by atoms with Crippen LogP contribution in [0.3, 0.4) is 0 Å². The standard InChI is InChI=1S/C12H18O2/c1-2-3-6-12(11(13)14)8-9-4-5-10(12)7-9/h2,9-10H,1,3-8H2,(H,13,14). The molecule has 3 unspecified atom stereocenters. The van der Waals surface area contributed by atoms with E-state index in [1.807, 2.05) is 6.08 Å². The highest BCUT2D eigenvalue weighted by Crippen LogP contribution is 2.58. The maximum absolute atomic E-state index is 11.4. The number of hydrogen-bond donors (Lipinski definition) is 1. The van der Waals surface area contributed by atoms with E-state index >= 15 is 0 Å². The van der Waals surface area contributed by atoms with Gasteiger partial charge in [-0.05, 0) is 43.9 Å². The van der Waals surface area contributed by atoms with Gasteiger partial charge in [0.1, 0.15) is 0 Å². The minimum atomic E-state index is -0.563. The third-order valence-corrected chi connectivity index (χ3v) is 4.20. The van der Waals surface area contributed by atoms with Gasteiger partial charge in [-0.15, -0.1) is 6.58 Å². The van der Waals surface area contributed by atoms with Crippen LogP contribution in [0.25, 0.3) is 0 Å². The molecule has 2 aliphatic rings. The molecule has 2 bridgehead atoms. The fourth-order valence-corrected chi connectivity index (χ4v) is 3.48. The summed E-state index contributed by atoms with van der Waals surface area (Å²) >= 11 is 0. The summed E-state index contributed by atoms with van der Waals surface area (Å²) < 4.78 is 0. The van der Waals surface area contributed by atoms with Crippen LogP contribution in [0, 0.1) is 17.3 Å². The van der Waals surface area contributed by atoms with Crippen LogP contribution in [-0.4, -0.2) is 11.1 Å². The average Bonchev–Trinajstić information content (AvgIpc) is 2.74. The molecule has 0 heterocycles. The number of fused-ring (bicyclic) bond motifs is 2. The second kappa shape index (κ2) is 3.41. The number of allylic oxidation sites excluding steroid dienone is 1. The average molecular weight is 194 g/mol. The topological polar surface area (TPSA) is 37.3 Å². The van der Waals surface area contributed by atoms with Crippen LogP contribution in [0.5, 0.6) is 0 Å². The van der Waals surface area contributed by atoms with E-state index in [2.05, 4.69) is 6.58 Å². The number of carboxylic acids is 1. The first-order valence-electron chi connectivity index (χ1n) is 5.53. The van der Waals surface area contributed by atoms with Gasteiger partial charge in [-0.2, -0.15) is 0 Å². The summed E-state index contributed by atoms with van der Waals surface area (Å²) in [5.74, 6) is 0.581. The summed E-state index contributed by atoms with van der Waals surface area (Å²) in [6.45, 7) is 3.68. The van der Waals surface area contributed by atoms with Gasteiger partial charge >= 0.3 is 5.97 Å². The van der Waals surface area contributed by atoms with Crippen molar-refractivity contribution in [3.63, 3.8) is 0 Å². The third kappa shape index (κ3) is 1.28. The lowest BCUT2D eigenvalue weighted by Gasteiger charge is -2.33. The smallest absolute Gasteiger partial charge is 0.309 e. The van der Waals surface area contributed by atoms with Crippen LogP contribution in [0.15, 0.2) is 12.7 Å². The Morgan fingerprint density at radius 1 is 1.57 bits per heavy atom. The third-order valence-electron chi connectivity index (χ3n) is 4.20. The molecule has 0 amide bonds. The van der Waals surface area contributed by atoms with Crippen molar-refractivity contribution in [1.29, 1.82) is 0 Å². The molecule has 1 N–H and O–H groups in total. The molecular weight excluding hydrogens is 176 g/mol. The van der Waals surface area contributed by atoms with Crippen molar-refractivity contribution >= 4 is 5.97 Å². The minimum Gasteiger partial charge on any atom is -0.481 e. The predicted molar refractivity (Wildman–Crippen MR) is 54.9 cm³/mol. The van der Waals surface area contributed by atoms with Crippen LogP contribution in [0.4, 0.5) is 0 Å². The van der Waals surface area contributed by atoms with Crippen molar-refractivity contribution < 1.29 is 9.90 Å². The lowest BCUT2D eigenvalue weighted by molar-refractivity contribution is -0.153. The van der Waals surface area contributed by atoms with Gasteiger partial charge in [0, 0.05) is 0 Å². The number of hydrogen-bond acceptors (Lipinski definition) is 1. The highest BCUT2D eigenvalue weighted by molar-refractivity contribution is 5.75. The van der Waals surface area contributed by atoms with Gasteiger partial charge in [-0.25, -0.2) is 0 Å². The number of carboxylic acid groups (broad SMARTS) is 1. The van der Waals surface area contributed by atoms with Crippen LogP contribution < -0.4 is 0 Å². The van der Waals surface area contributed by atoms with E-state index in [-0.39, 0.29) is 0 Å². The molecule has 2 saturated carbocycles. The second-order valence-corrected chi connectivity index (χ2v) is 4.87. The Morgan fingerprint density at radius 3 is 2.79 bits per heavy atom. The largest absolute Gasteiger partial charge is 0.481 e. The zero-order valence-electron chi connectivity index (χ0n) is 8.54. The molecule has 2 nitrogen and oxygen atoms in total. The normalized spacial score (nSPS) is 40.0. The van der Waals surface area contributed by atoms with Gasteiger partial charge in [0.25, 0.3) is 0 Å². The van der Waals surface area contributed by atoms with Crippen molar-refractivity contribution in [3.8, 4) is 0 Å². The Balaban J connectivity index is 2.15. The summed E-state index contributed by atoms with van der Waals surface area (Å²) in [6.07, 6.45) is 7.95. The highest BCUT2D eigenvalue weighted by atomic mass is 16.4. The first-order chi connectivity index (χ1) is 6.69. The Hall–Kier alpha value is -0.790. The fraction of sp³-hybridized carbons (Fsp3) is 0.750. The first kappa shape index (κ1) is 9.75. The molecule has 0 aliphatic heterocycles. The lowest BCUT2D eigenvalue weighted by atomic mass is 9.70. The van der Waals surface area contributed by atoms with E-state index in [4.69, 9.17) is 0 Å². The van der Waals surface area contributed by atoms with Gasteiger partial charge in [0.15, 0.2) is 0 Å². The van der Waals surface area contributed by atoms with E-state index in [1.165, 1.54) is 6.42 Å². The Kier molecular flexibility index (Phi) is 2.38.